The van der Waals surface area contributed by atoms with Gasteiger partial charge in [-0.1, -0.05) is 26.7 Å². The Morgan fingerprint density at radius 1 is 1.21 bits per heavy atom. The van der Waals surface area contributed by atoms with Crippen LogP contribution in [-0.2, 0) is 8.85 Å². The lowest BCUT2D eigenvalue weighted by Crippen LogP contribution is -2.27. The lowest BCUT2D eigenvalue weighted by molar-refractivity contribution is 0.216. The Morgan fingerprint density at radius 3 is 2.11 bits per heavy atom. The van der Waals surface area contributed by atoms with Gasteiger partial charge in [0.25, 0.3) is 0 Å². The fourth-order valence-electron chi connectivity index (χ4n) is 1.80. The Labute approximate surface area is 121 Å². The quantitative estimate of drug-likeness (QED) is 0.500. The first kappa shape index (κ1) is 19.1. The summed E-state index contributed by atoms with van der Waals surface area (Å²) in [5, 5.41) is 3.27. The SMILES string of the molecule is CC(N)C1CCNC1.CCCCO[SiH2]OCCCC. The normalized spacial score (nSPS) is 19.9. The van der Waals surface area contributed by atoms with Gasteiger partial charge in [0.05, 0.1) is 0 Å². The number of hydrogen-bond donors (Lipinski definition) is 2. The van der Waals surface area contributed by atoms with Gasteiger partial charge >= 0.3 is 10.0 Å². The third-order valence-corrected chi connectivity index (χ3v) is 4.20. The van der Waals surface area contributed by atoms with Crippen molar-refractivity contribution in [2.45, 2.75) is 58.9 Å². The van der Waals surface area contributed by atoms with Gasteiger partial charge in [0.15, 0.2) is 0 Å². The average molecular weight is 291 g/mol. The Hall–Kier alpha value is 0.0569. The van der Waals surface area contributed by atoms with E-state index in [0.29, 0.717) is 6.04 Å². The summed E-state index contributed by atoms with van der Waals surface area (Å²) in [5.41, 5.74) is 5.66. The Bertz CT molecular complexity index is 169. The monoisotopic (exact) mass is 290 g/mol. The van der Waals surface area contributed by atoms with Crippen molar-refractivity contribution in [3.63, 3.8) is 0 Å². The molecule has 0 bridgehead atoms. The van der Waals surface area contributed by atoms with E-state index in [1.165, 1.54) is 32.1 Å². The zero-order valence-electron chi connectivity index (χ0n) is 13.1. The Morgan fingerprint density at radius 2 is 1.79 bits per heavy atom. The van der Waals surface area contributed by atoms with Gasteiger partial charge in [0.2, 0.25) is 0 Å². The first-order valence-electron chi connectivity index (χ1n) is 7.84. The molecule has 2 unspecified atom stereocenters. The average Bonchev–Trinajstić information content (AvgIpc) is 2.93. The van der Waals surface area contributed by atoms with E-state index >= 15 is 0 Å². The summed E-state index contributed by atoms with van der Waals surface area (Å²) in [6.45, 7) is 10.5. The molecule has 116 valence electrons. The molecule has 1 heterocycles. The minimum atomic E-state index is -0.629. The summed E-state index contributed by atoms with van der Waals surface area (Å²) >= 11 is 0. The third-order valence-electron chi connectivity index (χ3n) is 3.29. The van der Waals surface area contributed by atoms with Crippen molar-refractivity contribution in [3.05, 3.63) is 0 Å². The second-order valence-corrected chi connectivity index (χ2v) is 6.31. The minimum Gasteiger partial charge on any atom is -0.399 e. The molecule has 5 heteroatoms. The zero-order chi connectivity index (χ0) is 14.3. The number of nitrogens with one attached hydrogen (secondary N) is 1. The summed E-state index contributed by atoms with van der Waals surface area (Å²) in [4.78, 5) is 0. The number of nitrogens with two attached hydrogens (primary N) is 1. The highest BCUT2D eigenvalue weighted by atomic mass is 28.3. The predicted octanol–water partition coefficient (Wildman–Crippen LogP) is 1.56. The molecule has 0 spiro atoms. The van der Waals surface area contributed by atoms with Crippen molar-refractivity contribution in [3.8, 4) is 0 Å². The molecule has 0 aromatic heterocycles. The molecular formula is C14H34N2O2Si. The highest BCUT2D eigenvalue weighted by Gasteiger charge is 2.17. The zero-order valence-corrected chi connectivity index (χ0v) is 14.5. The van der Waals surface area contributed by atoms with Gasteiger partial charge in [-0.2, -0.15) is 0 Å². The van der Waals surface area contributed by atoms with Gasteiger partial charge < -0.3 is 19.9 Å². The van der Waals surface area contributed by atoms with E-state index in [-0.39, 0.29) is 0 Å². The molecule has 0 aliphatic carbocycles. The fraction of sp³-hybridized carbons (Fsp3) is 1.00. The summed E-state index contributed by atoms with van der Waals surface area (Å²) in [7, 11) is -0.629. The first-order chi connectivity index (χ1) is 9.22. The van der Waals surface area contributed by atoms with Crippen molar-refractivity contribution in [2.75, 3.05) is 26.3 Å². The molecule has 3 N–H and O–H groups in total. The Kier molecular flexibility index (Phi) is 14.5. The lowest BCUT2D eigenvalue weighted by Gasteiger charge is -2.10. The molecule has 19 heavy (non-hydrogen) atoms. The van der Waals surface area contributed by atoms with Crippen LogP contribution in [0.5, 0.6) is 0 Å². The maximum Gasteiger partial charge on any atom is 0.304 e. The van der Waals surface area contributed by atoms with Crippen LogP contribution in [0.15, 0.2) is 0 Å². The van der Waals surface area contributed by atoms with E-state index in [2.05, 4.69) is 26.1 Å². The van der Waals surface area contributed by atoms with Gasteiger partial charge in [-0.05, 0) is 45.2 Å². The molecule has 0 radical (unpaired) electrons. The number of hydrogen-bond acceptors (Lipinski definition) is 4. The highest BCUT2D eigenvalue weighted by Crippen LogP contribution is 2.09. The van der Waals surface area contributed by atoms with Crippen LogP contribution >= 0.6 is 0 Å². The molecular weight excluding hydrogens is 256 g/mol. The van der Waals surface area contributed by atoms with Gasteiger partial charge in [-0.15, -0.1) is 0 Å². The van der Waals surface area contributed by atoms with E-state index in [0.717, 1.165) is 32.2 Å². The van der Waals surface area contributed by atoms with Crippen LogP contribution in [0.4, 0.5) is 0 Å². The van der Waals surface area contributed by atoms with Gasteiger partial charge in [0, 0.05) is 19.3 Å². The standard InChI is InChI=1S/C8H20O2Si.C6H14N2/c1-3-5-7-9-11-10-8-6-4-2;1-5(7)6-2-3-8-4-6/h3-8,11H2,1-2H3;5-6,8H,2-4,7H2,1H3. The number of rotatable bonds is 9. The summed E-state index contributed by atoms with van der Waals surface area (Å²) < 4.78 is 10.7. The molecule has 1 fully saturated rings. The van der Waals surface area contributed by atoms with Crippen LogP contribution in [0.1, 0.15) is 52.9 Å². The predicted molar refractivity (Wildman–Crippen MR) is 84.9 cm³/mol. The van der Waals surface area contributed by atoms with Crippen molar-refractivity contribution in [2.24, 2.45) is 11.7 Å². The van der Waals surface area contributed by atoms with Crippen LogP contribution in [0.3, 0.4) is 0 Å². The third kappa shape index (κ3) is 12.8. The molecule has 0 aromatic rings. The van der Waals surface area contributed by atoms with E-state index in [9.17, 15) is 0 Å². The highest BCUT2D eigenvalue weighted by molar-refractivity contribution is 6.17. The van der Waals surface area contributed by atoms with Gasteiger partial charge in [-0.3, -0.25) is 0 Å². The van der Waals surface area contributed by atoms with Crippen LogP contribution in [-0.4, -0.2) is 42.4 Å². The van der Waals surface area contributed by atoms with Crippen molar-refractivity contribution in [1.29, 1.82) is 0 Å². The molecule has 1 saturated heterocycles. The molecule has 1 aliphatic heterocycles. The minimum absolute atomic E-state index is 0.380. The van der Waals surface area contributed by atoms with Gasteiger partial charge in [-0.25, -0.2) is 0 Å². The molecule has 1 aliphatic rings. The molecule has 0 aromatic carbocycles. The fourth-order valence-corrected chi connectivity index (χ4v) is 2.56. The van der Waals surface area contributed by atoms with E-state index in [1.807, 2.05) is 0 Å². The number of unbranched alkanes of at least 4 members (excludes halogenated alkanes) is 2. The second-order valence-electron chi connectivity index (χ2n) is 5.25. The van der Waals surface area contributed by atoms with E-state index < -0.39 is 10.0 Å². The first-order valence-corrected chi connectivity index (χ1v) is 8.99. The van der Waals surface area contributed by atoms with Crippen LogP contribution in [0.25, 0.3) is 0 Å². The molecule has 4 nitrogen and oxygen atoms in total. The van der Waals surface area contributed by atoms with Crippen molar-refractivity contribution >= 4 is 10.0 Å². The maximum absolute atomic E-state index is 5.66. The topological polar surface area (TPSA) is 56.5 Å². The maximum atomic E-state index is 5.66. The molecule has 0 saturated carbocycles. The second kappa shape index (κ2) is 14.5. The summed E-state index contributed by atoms with van der Waals surface area (Å²) in [6.07, 6.45) is 6.03. The van der Waals surface area contributed by atoms with Crippen molar-refractivity contribution in [1.82, 2.24) is 5.32 Å². The largest absolute Gasteiger partial charge is 0.399 e. The molecule has 0 amide bonds. The smallest absolute Gasteiger partial charge is 0.304 e. The van der Waals surface area contributed by atoms with E-state index in [4.69, 9.17) is 14.6 Å². The lowest BCUT2D eigenvalue weighted by atomic mass is 10.0. The summed E-state index contributed by atoms with van der Waals surface area (Å²) in [5.74, 6) is 0.731. The summed E-state index contributed by atoms with van der Waals surface area (Å²) in [6, 6.07) is 0.380. The van der Waals surface area contributed by atoms with E-state index in [1.54, 1.807) is 0 Å². The van der Waals surface area contributed by atoms with Crippen molar-refractivity contribution < 1.29 is 8.85 Å². The van der Waals surface area contributed by atoms with Crippen LogP contribution in [0.2, 0.25) is 0 Å². The van der Waals surface area contributed by atoms with Gasteiger partial charge in [0.1, 0.15) is 0 Å². The van der Waals surface area contributed by atoms with Crippen LogP contribution in [0, 0.1) is 5.92 Å². The van der Waals surface area contributed by atoms with Crippen LogP contribution < -0.4 is 11.1 Å². The molecule has 2 atom stereocenters. The molecule has 1 rings (SSSR count). The Balaban J connectivity index is 0.000000356.